The molecule has 4 nitrogen and oxygen atoms in total. The fourth-order valence-electron chi connectivity index (χ4n) is 1.70. The van der Waals surface area contributed by atoms with Crippen LogP contribution in [0.5, 0.6) is 5.75 Å². The molecule has 0 unspecified atom stereocenters. The smallest absolute Gasteiger partial charge is 0.271 e. The van der Waals surface area contributed by atoms with Gasteiger partial charge in [-0.25, -0.2) is 5.43 Å². The molecule has 0 fully saturated rings. The Morgan fingerprint density at radius 2 is 2.05 bits per heavy atom. The highest BCUT2D eigenvalue weighted by molar-refractivity contribution is 7.11. The van der Waals surface area contributed by atoms with Crippen molar-refractivity contribution >= 4 is 23.5 Å². The Balaban J connectivity index is 1.90. The molecular weight excluding hydrogens is 296 g/mol. The first-order chi connectivity index (χ1) is 10.6. The lowest BCUT2D eigenvalue weighted by Gasteiger charge is -2.08. The number of nitrogens with one attached hydrogen (secondary N) is 1. The monoisotopic (exact) mass is 316 g/mol. The number of carbonyl (C=O) groups excluding carboxylic acids is 1. The van der Waals surface area contributed by atoms with Crippen LogP contribution >= 0.6 is 11.3 Å². The van der Waals surface area contributed by atoms with Crippen molar-refractivity contribution in [3.05, 3.63) is 51.7 Å². The summed E-state index contributed by atoms with van der Waals surface area (Å²) in [6.45, 7) is 6.86. The molecule has 1 aromatic heterocycles. The van der Waals surface area contributed by atoms with E-state index in [4.69, 9.17) is 4.74 Å². The number of amides is 1. The number of hydrazone groups is 1. The Morgan fingerprint density at radius 1 is 1.32 bits per heavy atom. The number of rotatable bonds is 6. The third-order valence-electron chi connectivity index (χ3n) is 2.95. The molecular formula is C17H20N2O2S. The van der Waals surface area contributed by atoms with Gasteiger partial charge in [0.05, 0.1) is 12.8 Å². The van der Waals surface area contributed by atoms with E-state index in [9.17, 15) is 4.79 Å². The Hall–Kier alpha value is -2.14. The summed E-state index contributed by atoms with van der Waals surface area (Å²) in [5.41, 5.74) is 4.23. The summed E-state index contributed by atoms with van der Waals surface area (Å²) in [6, 6.07) is 9.08. The second-order valence-electron chi connectivity index (χ2n) is 5.40. The summed E-state index contributed by atoms with van der Waals surface area (Å²) in [5, 5.41) is 5.98. The number of hydrogen-bond donors (Lipinski definition) is 1. The van der Waals surface area contributed by atoms with Gasteiger partial charge in [0, 0.05) is 10.4 Å². The van der Waals surface area contributed by atoms with Crippen LogP contribution in [0.1, 0.15) is 34.6 Å². The molecule has 22 heavy (non-hydrogen) atoms. The van der Waals surface area contributed by atoms with Crippen molar-refractivity contribution in [2.75, 3.05) is 6.61 Å². The van der Waals surface area contributed by atoms with Crippen LogP contribution < -0.4 is 10.2 Å². The molecule has 0 spiro atoms. The van der Waals surface area contributed by atoms with Gasteiger partial charge in [-0.05, 0) is 54.1 Å². The first kappa shape index (κ1) is 16.2. The Morgan fingerprint density at radius 3 is 2.64 bits per heavy atom. The van der Waals surface area contributed by atoms with Crippen molar-refractivity contribution in [2.24, 2.45) is 11.0 Å². The Labute approximate surface area is 134 Å². The number of hydrogen-bond acceptors (Lipinski definition) is 4. The van der Waals surface area contributed by atoms with Crippen LogP contribution in [0.2, 0.25) is 0 Å². The van der Waals surface area contributed by atoms with Gasteiger partial charge in [-0.2, -0.15) is 5.10 Å². The maximum Gasteiger partial charge on any atom is 0.271 e. The number of thiophene rings is 1. The van der Waals surface area contributed by atoms with E-state index in [1.165, 1.54) is 0 Å². The van der Waals surface area contributed by atoms with Gasteiger partial charge in [0.2, 0.25) is 0 Å². The SMILES string of the molecule is Cc1ccsc1/C=N/NC(=O)c1ccc(OCC(C)C)cc1. The third kappa shape index (κ3) is 4.70. The predicted octanol–water partition coefficient (Wildman–Crippen LogP) is 3.86. The first-order valence-corrected chi connectivity index (χ1v) is 8.04. The lowest BCUT2D eigenvalue weighted by Crippen LogP contribution is -2.17. The summed E-state index contributed by atoms with van der Waals surface area (Å²) in [7, 11) is 0. The highest BCUT2D eigenvalue weighted by Crippen LogP contribution is 2.14. The van der Waals surface area contributed by atoms with E-state index in [0.29, 0.717) is 18.1 Å². The summed E-state index contributed by atoms with van der Waals surface area (Å²) >= 11 is 1.59. The lowest BCUT2D eigenvalue weighted by atomic mass is 10.2. The molecule has 0 aliphatic rings. The summed E-state index contributed by atoms with van der Waals surface area (Å²) in [4.78, 5) is 13.0. The van der Waals surface area contributed by atoms with Crippen molar-refractivity contribution in [3.63, 3.8) is 0 Å². The van der Waals surface area contributed by atoms with Crippen molar-refractivity contribution in [1.29, 1.82) is 0 Å². The lowest BCUT2D eigenvalue weighted by molar-refractivity contribution is 0.0955. The highest BCUT2D eigenvalue weighted by atomic mass is 32.1. The van der Waals surface area contributed by atoms with Crippen LogP contribution in [-0.4, -0.2) is 18.7 Å². The third-order valence-corrected chi connectivity index (χ3v) is 3.90. The minimum Gasteiger partial charge on any atom is -0.493 e. The van der Waals surface area contributed by atoms with E-state index in [1.807, 2.05) is 18.4 Å². The minimum atomic E-state index is -0.235. The van der Waals surface area contributed by atoms with E-state index >= 15 is 0 Å². The van der Waals surface area contributed by atoms with Gasteiger partial charge in [-0.3, -0.25) is 4.79 Å². The van der Waals surface area contributed by atoms with Gasteiger partial charge in [0.1, 0.15) is 5.75 Å². The van der Waals surface area contributed by atoms with Crippen LogP contribution in [-0.2, 0) is 0 Å². The molecule has 0 saturated heterocycles. The molecule has 2 aromatic rings. The van der Waals surface area contributed by atoms with Crippen LogP contribution in [0.3, 0.4) is 0 Å². The van der Waals surface area contributed by atoms with Crippen molar-refractivity contribution in [2.45, 2.75) is 20.8 Å². The zero-order chi connectivity index (χ0) is 15.9. The normalized spacial score (nSPS) is 11.1. The quantitative estimate of drug-likeness (QED) is 0.650. The number of benzene rings is 1. The molecule has 0 aliphatic carbocycles. The average Bonchev–Trinajstić information content (AvgIpc) is 2.91. The van der Waals surface area contributed by atoms with Crippen molar-refractivity contribution in [3.8, 4) is 5.75 Å². The molecule has 0 saturated carbocycles. The maximum absolute atomic E-state index is 12.0. The second kappa shape index (κ2) is 7.75. The fraction of sp³-hybridized carbons (Fsp3) is 0.294. The average molecular weight is 316 g/mol. The van der Waals surface area contributed by atoms with Crippen LogP contribution in [0.15, 0.2) is 40.8 Å². The van der Waals surface area contributed by atoms with Crippen molar-refractivity contribution < 1.29 is 9.53 Å². The molecule has 0 bridgehead atoms. The molecule has 2 rings (SSSR count). The molecule has 1 aromatic carbocycles. The van der Waals surface area contributed by atoms with Gasteiger partial charge >= 0.3 is 0 Å². The molecule has 1 amide bonds. The molecule has 1 N–H and O–H groups in total. The minimum absolute atomic E-state index is 0.235. The first-order valence-electron chi connectivity index (χ1n) is 7.16. The molecule has 0 radical (unpaired) electrons. The Bertz CT molecular complexity index is 645. The van der Waals surface area contributed by atoms with Crippen LogP contribution in [0.4, 0.5) is 0 Å². The largest absolute Gasteiger partial charge is 0.493 e. The number of carbonyl (C=O) groups is 1. The molecule has 0 aliphatic heterocycles. The number of ether oxygens (including phenoxy) is 1. The molecule has 5 heteroatoms. The van der Waals surface area contributed by atoms with Gasteiger partial charge in [-0.15, -0.1) is 11.3 Å². The highest BCUT2D eigenvalue weighted by Gasteiger charge is 2.05. The predicted molar refractivity (Wildman–Crippen MR) is 90.9 cm³/mol. The van der Waals surface area contributed by atoms with Crippen LogP contribution in [0, 0.1) is 12.8 Å². The van der Waals surface area contributed by atoms with Gasteiger partial charge in [0.15, 0.2) is 0 Å². The molecule has 0 atom stereocenters. The zero-order valence-electron chi connectivity index (χ0n) is 13.0. The van der Waals surface area contributed by atoms with E-state index in [0.717, 1.165) is 16.2 Å². The summed E-state index contributed by atoms with van der Waals surface area (Å²) in [5.74, 6) is 1.00. The van der Waals surface area contributed by atoms with Gasteiger partial charge < -0.3 is 4.74 Å². The summed E-state index contributed by atoms with van der Waals surface area (Å²) < 4.78 is 5.59. The standard InChI is InChI=1S/C17H20N2O2S/c1-12(2)11-21-15-6-4-14(5-7-15)17(20)19-18-10-16-13(3)8-9-22-16/h4-10,12H,11H2,1-3H3,(H,19,20)/b18-10+. The topological polar surface area (TPSA) is 50.7 Å². The second-order valence-corrected chi connectivity index (χ2v) is 6.34. The maximum atomic E-state index is 12.0. The van der Waals surface area contributed by atoms with Gasteiger partial charge in [-0.1, -0.05) is 13.8 Å². The van der Waals surface area contributed by atoms with Crippen LogP contribution in [0.25, 0.3) is 0 Å². The van der Waals surface area contributed by atoms with E-state index in [2.05, 4.69) is 24.4 Å². The van der Waals surface area contributed by atoms with Crippen molar-refractivity contribution in [1.82, 2.24) is 5.43 Å². The fourth-order valence-corrected chi connectivity index (χ4v) is 2.48. The van der Waals surface area contributed by atoms with E-state index in [1.54, 1.807) is 41.8 Å². The summed E-state index contributed by atoms with van der Waals surface area (Å²) in [6.07, 6.45) is 1.66. The Kier molecular flexibility index (Phi) is 5.72. The molecule has 116 valence electrons. The molecule has 1 heterocycles. The number of aryl methyl sites for hydroxylation is 1. The van der Waals surface area contributed by atoms with E-state index in [-0.39, 0.29) is 5.91 Å². The van der Waals surface area contributed by atoms with E-state index < -0.39 is 0 Å². The van der Waals surface area contributed by atoms with Gasteiger partial charge in [0.25, 0.3) is 5.91 Å². The number of nitrogens with zero attached hydrogens (tertiary/aromatic N) is 1. The zero-order valence-corrected chi connectivity index (χ0v) is 13.8.